The van der Waals surface area contributed by atoms with Gasteiger partial charge in [-0.25, -0.2) is 0 Å². The number of halogens is 1. The second-order valence-electron chi connectivity index (χ2n) is 4.55. The zero-order chi connectivity index (χ0) is 15.4. The molecule has 6 heteroatoms. The number of carbonyl (C=O) groups is 1. The minimum atomic E-state index is -0.558. The van der Waals surface area contributed by atoms with E-state index in [1.54, 1.807) is 0 Å². The minimum absolute atomic E-state index is 0.167. The summed E-state index contributed by atoms with van der Waals surface area (Å²) in [6.07, 6.45) is 1.53. The first kappa shape index (κ1) is 15.7. The van der Waals surface area contributed by atoms with Crippen LogP contribution in [-0.2, 0) is 9.53 Å². The molecule has 1 aliphatic rings. The number of benzene rings is 1. The normalized spacial score (nSPS) is 21.2. The Labute approximate surface area is 137 Å². The SMILES string of the molecule is C=CCOC(=O)[C@@H]1C(=C)NC(=S)N[C@H]1c1ccc(Br)cc1. The van der Waals surface area contributed by atoms with Crippen molar-refractivity contribution in [1.29, 1.82) is 0 Å². The van der Waals surface area contributed by atoms with Crippen molar-refractivity contribution in [3.63, 3.8) is 0 Å². The van der Waals surface area contributed by atoms with Gasteiger partial charge in [0.2, 0.25) is 0 Å². The lowest BCUT2D eigenvalue weighted by Crippen LogP contribution is -2.51. The van der Waals surface area contributed by atoms with Crippen molar-refractivity contribution in [3.8, 4) is 0 Å². The van der Waals surface area contributed by atoms with Crippen LogP contribution >= 0.6 is 28.1 Å². The van der Waals surface area contributed by atoms with Crippen LogP contribution in [0.1, 0.15) is 11.6 Å². The molecule has 0 unspecified atom stereocenters. The van der Waals surface area contributed by atoms with E-state index in [4.69, 9.17) is 17.0 Å². The van der Waals surface area contributed by atoms with E-state index < -0.39 is 5.92 Å². The highest BCUT2D eigenvalue weighted by Crippen LogP contribution is 2.31. The van der Waals surface area contributed by atoms with Crippen LogP contribution in [0.25, 0.3) is 0 Å². The molecule has 2 rings (SSSR count). The lowest BCUT2D eigenvalue weighted by molar-refractivity contribution is -0.147. The summed E-state index contributed by atoms with van der Waals surface area (Å²) in [6, 6.07) is 7.37. The molecule has 1 heterocycles. The number of rotatable bonds is 4. The van der Waals surface area contributed by atoms with Gasteiger partial charge in [-0.1, -0.05) is 47.3 Å². The van der Waals surface area contributed by atoms with Crippen molar-refractivity contribution in [1.82, 2.24) is 10.6 Å². The molecule has 0 bridgehead atoms. The second kappa shape index (κ2) is 6.87. The number of hydrogen-bond donors (Lipinski definition) is 2. The van der Waals surface area contributed by atoms with Crippen LogP contribution in [0.15, 0.2) is 53.7 Å². The quantitative estimate of drug-likeness (QED) is 0.487. The molecule has 110 valence electrons. The van der Waals surface area contributed by atoms with Crippen LogP contribution in [0.2, 0.25) is 0 Å². The van der Waals surface area contributed by atoms with E-state index in [2.05, 4.69) is 39.7 Å². The number of hydrogen-bond acceptors (Lipinski definition) is 3. The average Bonchev–Trinajstić information content (AvgIpc) is 2.44. The van der Waals surface area contributed by atoms with E-state index in [9.17, 15) is 4.79 Å². The zero-order valence-electron chi connectivity index (χ0n) is 11.3. The lowest BCUT2D eigenvalue weighted by Gasteiger charge is -2.34. The van der Waals surface area contributed by atoms with Crippen LogP contribution in [0.3, 0.4) is 0 Å². The highest BCUT2D eigenvalue weighted by Gasteiger charge is 2.37. The Morgan fingerprint density at radius 3 is 2.71 bits per heavy atom. The highest BCUT2D eigenvalue weighted by molar-refractivity contribution is 9.10. The Kier molecular flexibility index (Phi) is 5.14. The van der Waals surface area contributed by atoms with Gasteiger partial charge in [-0.3, -0.25) is 4.79 Å². The van der Waals surface area contributed by atoms with E-state index in [0.29, 0.717) is 10.8 Å². The summed E-state index contributed by atoms with van der Waals surface area (Å²) in [5.41, 5.74) is 1.46. The molecule has 1 aromatic carbocycles. The molecular weight excluding hydrogens is 352 g/mol. The van der Waals surface area contributed by atoms with Crippen molar-refractivity contribution in [2.24, 2.45) is 5.92 Å². The molecule has 0 aliphatic carbocycles. The summed E-state index contributed by atoms with van der Waals surface area (Å²) in [6.45, 7) is 7.60. The van der Waals surface area contributed by atoms with E-state index in [1.165, 1.54) is 6.08 Å². The van der Waals surface area contributed by atoms with Gasteiger partial charge < -0.3 is 15.4 Å². The zero-order valence-corrected chi connectivity index (χ0v) is 13.7. The van der Waals surface area contributed by atoms with Crippen LogP contribution in [0, 0.1) is 5.92 Å². The Hall–Kier alpha value is -1.66. The average molecular weight is 367 g/mol. The molecule has 1 fully saturated rings. The van der Waals surface area contributed by atoms with Crippen LogP contribution in [0.4, 0.5) is 0 Å². The molecule has 21 heavy (non-hydrogen) atoms. The van der Waals surface area contributed by atoms with Crippen molar-refractivity contribution in [2.45, 2.75) is 6.04 Å². The van der Waals surface area contributed by atoms with Gasteiger partial charge in [-0.2, -0.15) is 0 Å². The fraction of sp³-hybridized carbons (Fsp3) is 0.200. The number of esters is 1. The van der Waals surface area contributed by atoms with Crippen molar-refractivity contribution in [3.05, 3.63) is 59.2 Å². The fourth-order valence-corrected chi connectivity index (χ4v) is 2.66. The summed E-state index contributed by atoms with van der Waals surface area (Å²) < 4.78 is 6.13. The van der Waals surface area contributed by atoms with Crippen molar-refractivity contribution in [2.75, 3.05) is 6.61 Å². The summed E-state index contributed by atoms with van der Waals surface area (Å²) >= 11 is 8.54. The first-order valence-corrected chi connectivity index (χ1v) is 7.52. The van der Waals surface area contributed by atoms with Crippen LogP contribution in [-0.4, -0.2) is 17.7 Å². The Morgan fingerprint density at radius 1 is 1.43 bits per heavy atom. The molecule has 0 radical (unpaired) electrons. The fourth-order valence-electron chi connectivity index (χ4n) is 2.14. The van der Waals surface area contributed by atoms with Crippen molar-refractivity contribution < 1.29 is 9.53 Å². The summed E-state index contributed by atoms with van der Waals surface area (Å²) in [4.78, 5) is 12.3. The maximum absolute atomic E-state index is 12.3. The third-order valence-corrected chi connectivity index (χ3v) is 3.84. The standard InChI is InChI=1S/C15H15BrN2O2S/c1-3-8-20-14(19)12-9(2)17-15(21)18-13(12)10-4-6-11(16)7-5-10/h3-7,12-13H,1-2,8H2,(H2,17,18,21)/t12-,13+/m1/s1. The third-order valence-electron chi connectivity index (χ3n) is 3.10. The third kappa shape index (κ3) is 3.71. The smallest absolute Gasteiger partial charge is 0.317 e. The molecule has 0 saturated carbocycles. The van der Waals surface area contributed by atoms with E-state index in [0.717, 1.165) is 10.0 Å². The van der Waals surface area contributed by atoms with Gasteiger partial charge in [0.25, 0.3) is 0 Å². The highest BCUT2D eigenvalue weighted by atomic mass is 79.9. The molecular formula is C15H15BrN2O2S. The van der Waals surface area contributed by atoms with Crippen molar-refractivity contribution >= 4 is 39.2 Å². The maximum Gasteiger partial charge on any atom is 0.317 e. The molecule has 1 saturated heterocycles. The molecule has 0 spiro atoms. The van der Waals surface area contributed by atoms with E-state index >= 15 is 0 Å². The predicted octanol–water partition coefficient (Wildman–Crippen LogP) is 2.83. The molecule has 1 aliphatic heterocycles. The summed E-state index contributed by atoms with van der Waals surface area (Å²) in [5, 5.41) is 6.44. The topological polar surface area (TPSA) is 50.4 Å². The van der Waals surface area contributed by atoms with Crippen LogP contribution in [0.5, 0.6) is 0 Å². The number of ether oxygens (including phenoxy) is 1. The molecule has 2 N–H and O–H groups in total. The van der Waals surface area contributed by atoms with Gasteiger partial charge >= 0.3 is 5.97 Å². The lowest BCUT2D eigenvalue weighted by atomic mass is 9.89. The van der Waals surface area contributed by atoms with Gasteiger partial charge in [0.15, 0.2) is 5.11 Å². The predicted molar refractivity (Wildman–Crippen MR) is 89.5 cm³/mol. The number of nitrogens with one attached hydrogen (secondary N) is 2. The van der Waals surface area contributed by atoms with Gasteiger partial charge in [0.1, 0.15) is 12.5 Å². The van der Waals surface area contributed by atoms with Gasteiger partial charge in [0, 0.05) is 10.2 Å². The molecule has 0 amide bonds. The molecule has 0 aromatic heterocycles. The van der Waals surface area contributed by atoms with Gasteiger partial charge in [-0.05, 0) is 29.9 Å². The largest absolute Gasteiger partial charge is 0.461 e. The van der Waals surface area contributed by atoms with Gasteiger partial charge in [-0.15, -0.1) is 0 Å². The van der Waals surface area contributed by atoms with E-state index in [-0.39, 0.29) is 18.6 Å². The summed E-state index contributed by atoms with van der Waals surface area (Å²) in [5.74, 6) is -0.923. The van der Waals surface area contributed by atoms with Gasteiger partial charge in [0.05, 0.1) is 6.04 Å². The molecule has 1 aromatic rings. The Bertz CT molecular complexity index is 586. The first-order valence-electron chi connectivity index (χ1n) is 6.32. The first-order chi connectivity index (χ1) is 10.0. The number of thiocarbonyl (C=S) groups is 1. The second-order valence-corrected chi connectivity index (χ2v) is 5.87. The Balaban J connectivity index is 2.30. The summed E-state index contributed by atoms with van der Waals surface area (Å²) in [7, 11) is 0. The molecule has 4 nitrogen and oxygen atoms in total. The van der Waals surface area contributed by atoms with Crippen LogP contribution < -0.4 is 10.6 Å². The molecule has 2 atom stereocenters. The van der Waals surface area contributed by atoms with E-state index in [1.807, 2.05) is 24.3 Å². The number of carbonyl (C=O) groups excluding carboxylic acids is 1. The maximum atomic E-state index is 12.3. The Morgan fingerprint density at radius 2 is 2.10 bits per heavy atom. The minimum Gasteiger partial charge on any atom is -0.461 e. The monoisotopic (exact) mass is 366 g/mol.